The van der Waals surface area contributed by atoms with E-state index in [0.717, 1.165) is 11.6 Å². The molecule has 2 N–H and O–H groups in total. The van der Waals surface area contributed by atoms with Gasteiger partial charge in [0.05, 0.1) is 7.11 Å². The molecule has 112 valence electrons. The van der Waals surface area contributed by atoms with Crippen LogP contribution in [-0.2, 0) is 6.61 Å². The molecule has 0 unspecified atom stereocenters. The van der Waals surface area contributed by atoms with Gasteiger partial charge >= 0.3 is 0 Å². The summed E-state index contributed by atoms with van der Waals surface area (Å²) in [4.78, 5) is 0. The van der Waals surface area contributed by atoms with Crippen molar-refractivity contribution in [2.75, 3.05) is 7.11 Å². The van der Waals surface area contributed by atoms with Crippen LogP contribution < -0.4 is 15.2 Å². The maximum absolute atomic E-state index is 13.5. The van der Waals surface area contributed by atoms with E-state index < -0.39 is 11.6 Å². The summed E-state index contributed by atoms with van der Waals surface area (Å²) >= 11 is 0. The molecule has 0 aliphatic heterocycles. The Balaban J connectivity index is 2.16. The molecular weight excluding hydrogens is 276 g/mol. The molecule has 21 heavy (non-hydrogen) atoms. The van der Waals surface area contributed by atoms with Crippen molar-refractivity contribution in [2.45, 2.75) is 19.6 Å². The molecule has 2 aromatic carbocycles. The Hall–Kier alpha value is -2.14. The normalized spacial score (nSPS) is 12.0. The summed E-state index contributed by atoms with van der Waals surface area (Å²) in [6.45, 7) is 1.85. The van der Waals surface area contributed by atoms with Gasteiger partial charge in [-0.1, -0.05) is 6.07 Å². The standard InChI is InChI=1S/C16H17F2NO2/c1-10(19)11-4-6-15(16(7-11)20-2)21-9-12-3-5-13(17)8-14(12)18/h3-8,10H,9,19H2,1-2H3/t10-/m0/s1. The monoisotopic (exact) mass is 293 g/mol. The average molecular weight is 293 g/mol. The lowest BCUT2D eigenvalue weighted by Crippen LogP contribution is -2.06. The third kappa shape index (κ3) is 3.70. The molecule has 0 aromatic heterocycles. The number of halogens is 2. The number of hydrogen-bond acceptors (Lipinski definition) is 3. The molecule has 2 aromatic rings. The van der Waals surface area contributed by atoms with Crippen LogP contribution in [0.2, 0.25) is 0 Å². The fourth-order valence-corrected chi connectivity index (χ4v) is 1.88. The van der Waals surface area contributed by atoms with E-state index >= 15 is 0 Å². The summed E-state index contributed by atoms with van der Waals surface area (Å²) in [5.41, 5.74) is 6.99. The van der Waals surface area contributed by atoms with Crippen LogP contribution in [0, 0.1) is 11.6 Å². The van der Waals surface area contributed by atoms with Crippen molar-refractivity contribution < 1.29 is 18.3 Å². The Morgan fingerprint density at radius 2 is 1.86 bits per heavy atom. The Bertz CT molecular complexity index is 630. The predicted octanol–water partition coefficient (Wildman–Crippen LogP) is 3.57. The molecule has 0 radical (unpaired) electrons. The van der Waals surface area contributed by atoms with E-state index in [1.807, 2.05) is 13.0 Å². The van der Waals surface area contributed by atoms with Crippen molar-refractivity contribution in [3.63, 3.8) is 0 Å². The van der Waals surface area contributed by atoms with Gasteiger partial charge in [0.25, 0.3) is 0 Å². The van der Waals surface area contributed by atoms with E-state index in [9.17, 15) is 8.78 Å². The molecule has 3 nitrogen and oxygen atoms in total. The van der Waals surface area contributed by atoms with Gasteiger partial charge in [0, 0.05) is 17.7 Å². The highest BCUT2D eigenvalue weighted by Crippen LogP contribution is 2.30. The molecule has 0 bridgehead atoms. The first-order valence-corrected chi connectivity index (χ1v) is 6.51. The minimum absolute atomic E-state index is 0.0139. The van der Waals surface area contributed by atoms with Gasteiger partial charge in [-0.25, -0.2) is 8.78 Å². The number of methoxy groups -OCH3 is 1. The molecule has 0 aliphatic carbocycles. The zero-order valence-corrected chi connectivity index (χ0v) is 11.9. The SMILES string of the molecule is COc1cc([C@H](C)N)ccc1OCc1ccc(F)cc1F. The third-order valence-electron chi connectivity index (χ3n) is 3.11. The average Bonchev–Trinajstić information content (AvgIpc) is 2.46. The van der Waals surface area contributed by atoms with Gasteiger partial charge in [-0.3, -0.25) is 0 Å². The maximum atomic E-state index is 13.5. The molecule has 0 heterocycles. The fraction of sp³-hybridized carbons (Fsp3) is 0.250. The molecule has 0 amide bonds. The summed E-state index contributed by atoms with van der Waals surface area (Å²) < 4.78 is 37.2. The van der Waals surface area contributed by atoms with Crippen LogP contribution in [0.15, 0.2) is 36.4 Å². The Morgan fingerprint density at radius 1 is 1.10 bits per heavy atom. The summed E-state index contributed by atoms with van der Waals surface area (Å²) in [5.74, 6) is -0.255. The van der Waals surface area contributed by atoms with E-state index in [-0.39, 0.29) is 18.2 Å². The van der Waals surface area contributed by atoms with Crippen LogP contribution in [0.1, 0.15) is 24.1 Å². The molecule has 0 saturated carbocycles. The summed E-state index contributed by atoms with van der Waals surface area (Å²) in [7, 11) is 1.52. The van der Waals surface area contributed by atoms with Crippen molar-refractivity contribution in [3.8, 4) is 11.5 Å². The molecule has 0 aliphatic rings. The zero-order valence-electron chi connectivity index (χ0n) is 11.9. The highest BCUT2D eigenvalue weighted by atomic mass is 19.1. The van der Waals surface area contributed by atoms with Crippen LogP contribution >= 0.6 is 0 Å². The van der Waals surface area contributed by atoms with Crippen LogP contribution in [0.25, 0.3) is 0 Å². The van der Waals surface area contributed by atoms with Crippen molar-refractivity contribution >= 4 is 0 Å². The Kier molecular flexibility index (Phi) is 4.75. The van der Waals surface area contributed by atoms with Crippen LogP contribution in [0.4, 0.5) is 8.78 Å². The molecular formula is C16H17F2NO2. The smallest absolute Gasteiger partial charge is 0.161 e. The molecule has 0 fully saturated rings. The largest absolute Gasteiger partial charge is 0.493 e. The first-order chi connectivity index (χ1) is 10.0. The van der Waals surface area contributed by atoms with Crippen LogP contribution in [0.3, 0.4) is 0 Å². The number of benzene rings is 2. The lowest BCUT2D eigenvalue weighted by atomic mass is 10.1. The van der Waals surface area contributed by atoms with Crippen molar-refractivity contribution in [3.05, 3.63) is 59.2 Å². The van der Waals surface area contributed by atoms with E-state index in [0.29, 0.717) is 11.5 Å². The van der Waals surface area contributed by atoms with E-state index in [1.54, 1.807) is 12.1 Å². The van der Waals surface area contributed by atoms with E-state index in [2.05, 4.69) is 0 Å². The van der Waals surface area contributed by atoms with Crippen LogP contribution in [0.5, 0.6) is 11.5 Å². The first-order valence-electron chi connectivity index (χ1n) is 6.51. The zero-order chi connectivity index (χ0) is 15.4. The lowest BCUT2D eigenvalue weighted by molar-refractivity contribution is 0.279. The minimum atomic E-state index is -0.638. The second kappa shape index (κ2) is 6.54. The number of nitrogens with two attached hydrogens (primary N) is 1. The fourth-order valence-electron chi connectivity index (χ4n) is 1.88. The molecule has 2 rings (SSSR count). The highest BCUT2D eigenvalue weighted by Gasteiger charge is 2.10. The molecule has 0 spiro atoms. The minimum Gasteiger partial charge on any atom is -0.493 e. The quantitative estimate of drug-likeness (QED) is 0.916. The second-order valence-corrected chi connectivity index (χ2v) is 4.72. The van der Waals surface area contributed by atoms with Crippen LogP contribution in [-0.4, -0.2) is 7.11 Å². The van der Waals surface area contributed by atoms with Gasteiger partial charge in [-0.05, 0) is 36.8 Å². The van der Waals surface area contributed by atoms with Gasteiger partial charge in [0.15, 0.2) is 11.5 Å². The number of hydrogen-bond donors (Lipinski definition) is 1. The molecule has 5 heteroatoms. The predicted molar refractivity (Wildman–Crippen MR) is 76.3 cm³/mol. The van der Waals surface area contributed by atoms with E-state index in [1.165, 1.54) is 19.2 Å². The molecule has 0 saturated heterocycles. The van der Waals surface area contributed by atoms with Crippen molar-refractivity contribution in [1.82, 2.24) is 0 Å². The summed E-state index contributed by atoms with van der Waals surface area (Å²) in [6.07, 6.45) is 0. The maximum Gasteiger partial charge on any atom is 0.161 e. The van der Waals surface area contributed by atoms with Crippen molar-refractivity contribution in [1.29, 1.82) is 0 Å². The summed E-state index contributed by atoms with van der Waals surface area (Å²) in [5, 5.41) is 0. The molecule has 1 atom stereocenters. The third-order valence-corrected chi connectivity index (χ3v) is 3.11. The number of rotatable bonds is 5. The Labute approximate surface area is 122 Å². The Morgan fingerprint density at radius 3 is 2.48 bits per heavy atom. The van der Waals surface area contributed by atoms with Crippen molar-refractivity contribution in [2.24, 2.45) is 5.73 Å². The summed E-state index contributed by atoms with van der Waals surface area (Å²) in [6, 6.07) is 8.58. The highest BCUT2D eigenvalue weighted by molar-refractivity contribution is 5.43. The van der Waals surface area contributed by atoms with Gasteiger partial charge < -0.3 is 15.2 Å². The van der Waals surface area contributed by atoms with Gasteiger partial charge in [-0.2, -0.15) is 0 Å². The second-order valence-electron chi connectivity index (χ2n) is 4.72. The van der Waals surface area contributed by atoms with Gasteiger partial charge in [0.1, 0.15) is 18.2 Å². The number of ether oxygens (including phenoxy) is 2. The van der Waals surface area contributed by atoms with Gasteiger partial charge in [-0.15, -0.1) is 0 Å². The van der Waals surface area contributed by atoms with E-state index in [4.69, 9.17) is 15.2 Å². The van der Waals surface area contributed by atoms with Gasteiger partial charge in [0.2, 0.25) is 0 Å². The lowest BCUT2D eigenvalue weighted by Gasteiger charge is -2.14. The topological polar surface area (TPSA) is 44.5 Å². The first kappa shape index (κ1) is 15.3.